The fourth-order valence-corrected chi connectivity index (χ4v) is 2.33. The number of hydrogen-bond donors (Lipinski definition) is 3. The number of hydroxylamine groups is 1. The first kappa shape index (κ1) is 16.0. The number of fused-ring (bicyclic) bond motifs is 1. The SMILES string of the molecule is O=C(CCCCCC/C(=N/O)c1cc2ccccc2o1)NO. The van der Waals surface area contributed by atoms with Crippen LogP contribution in [0.3, 0.4) is 0 Å². The Bertz CT molecular complexity index is 615. The molecule has 2 aromatic rings. The van der Waals surface area contributed by atoms with Crippen molar-refractivity contribution >= 4 is 22.6 Å². The van der Waals surface area contributed by atoms with Gasteiger partial charge in [0.05, 0.1) is 0 Å². The van der Waals surface area contributed by atoms with E-state index >= 15 is 0 Å². The van der Waals surface area contributed by atoms with Crippen molar-refractivity contribution in [1.29, 1.82) is 0 Å². The molecule has 0 atom stereocenters. The minimum atomic E-state index is -0.361. The average molecular weight is 304 g/mol. The number of nitrogens with one attached hydrogen (secondary N) is 1. The van der Waals surface area contributed by atoms with Gasteiger partial charge in [-0.25, -0.2) is 5.48 Å². The highest BCUT2D eigenvalue weighted by molar-refractivity contribution is 6.00. The van der Waals surface area contributed by atoms with Gasteiger partial charge in [0.25, 0.3) is 0 Å². The molecule has 0 unspecified atom stereocenters. The minimum absolute atomic E-state index is 0.320. The summed E-state index contributed by atoms with van der Waals surface area (Å²) in [6, 6.07) is 9.52. The summed E-state index contributed by atoms with van der Waals surface area (Å²) in [5.41, 5.74) is 2.92. The molecule has 0 bridgehead atoms. The van der Waals surface area contributed by atoms with E-state index in [0.29, 0.717) is 24.3 Å². The summed E-state index contributed by atoms with van der Waals surface area (Å²) in [7, 11) is 0. The van der Waals surface area contributed by atoms with Gasteiger partial charge in [-0.05, 0) is 31.4 Å². The second-order valence-corrected chi connectivity index (χ2v) is 5.14. The first-order valence-electron chi connectivity index (χ1n) is 7.37. The number of furan rings is 1. The van der Waals surface area contributed by atoms with Gasteiger partial charge in [0.1, 0.15) is 11.3 Å². The van der Waals surface area contributed by atoms with Gasteiger partial charge in [-0.15, -0.1) is 0 Å². The molecule has 0 aliphatic heterocycles. The predicted molar refractivity (Wildman–Crippen MR) is 82.2 cm³/mol. The second-order valence-electron chi connectivity index (χ2n) is 5.14. The van der Waals surface area contributed by atoms with Gasteiger partial charge in [0.15, 0.2) is 5.76 Å². The van der Waals surface area contributed by atoms with Crippen molar-refractivity contribution in [3.63, 3.8) is 0 Å². The standard InChI is InChI=1S/C16H20N2O4/c19-16(18-21)10-4-2-1-3-8-13(17-20)15-11-12-7-5-6-9-14(12)22-15/h5-7,9,11,20-21H,1-4,8,10H2,(H,18,19)/b17-13-. The maximum absolute atomic E-state index is 10.8. The van der Waals surface area contributed by atoms with Crippen LogP contribution in [0, 0.1) is 0 Å². The minimum Gasteiger partial charge on any atom is -0.455 e. The summed E-state index contributed by atoms with van der Waals surface area (Å²) in [5.74, 6) is 0.225. The average Bonchev–Trinajstić information content (AvgIpc) is 2.97. The van der Waals surface area contributed by atoms with Gasteiger partial charge in [0.2, 0.25) is 5.91 Å². The van der Waals surface area contributed by atoms with E-state index in [4.69, 9.17) is 14.8 Å². The lowest BCUT2D eigenvalue weighted by Crippen LogP contribution is -2.17. The molecule has 118 valence electrons. The Kier molecular flexibility index (Phi) is 5.97. The van der Waals surface area contributed by atoms with Gasteiger partial charge in [-0.1, -0.05) is 36.2 Å². The van der Waals surface area contributed by atoms with E-state index in [1.165, 1.54) is 0 Å². The highest BCUT2D eigenvalue weighted by atomic mass is 16.5. The molecule has 0 spiro atoms. The third-order valence-corrected chi connectivity index (χ3v) is 3.52. The fraction of sp³-hybridized carbons (Fsp3) is 0.375. The summed E-state index contributed by atoms with van der Waals surface area (Å²) in [6.07, 6.45) is 4.30. The lowest BCUT2D eigenvalue weighted by molar-refractivity contribution is -0.129. The van der Waals surface area contributed by atoms with Gasteiger partial charge >= 0.3 is 0 Å². The van der Waals surface area contributed by atoms with Crippen molar-refractivity contribution in [1.82, 2.24) is 5.48 Å². The van der Waals surface area contributed by atoms with Crippen molar-refractivity contribution in [2.45, 2.75) is 38.5 Å². The lowest BCUT2D eigenvalue weighted by Gasteiger charge is -2.02. The molecule has 6 heteroatoms. The Morgan fingerprint density at radius 3 is 2.55 bits per heavy atom. The monoisotopic (exact) mass is 304 g/mol. The van der Waals surface area contributed by atoms with Crippen LogP contribution < -0.4 is 5.48 Å². The maximum atomic E-state index is 10.8. The van der Waals surface area contributed by atoms with Crippen LogP contribution >= 0.6 is 0 Å². The third kappa shape index (κ3) is 4.33. The Balaban J connectivity index is 1.79. The van der Waals surface area contributed by atoms with E-state index in [1.54, 1.807) is 5.48 Å². The number of rotatable bonds is 8. The molecule has 0 saturated carbocycles. The van der Waals surface area contributed by atoms with Crippen LogP contribution in [0.25, 0.3) is 11.0 Å². The number of unbranched alkanes of at least 4 members (excludes halogenated alkanes) is 3. The number of carbonyl (C=O) groups is 1. The summed E-state index contributed by atoms with van der Waals surface area (Å²) in [6.45, 7) is 0. The molecular formula is C16H20N2O4. The van der Waals surface area contributed by atoms with Crippen LogP contribution in [0.15, 0.2) is 39.9 Å². The first-order chi connectivity index (χ1) is 10.7. The first-order valence-corrected chi connectivity index (χ1v) is 7.37. The van der Waals surface area contributed by atoms with Crippen molar-refractivity contribution < 1.29 is 19.6 Å². The van der Waals surface area contributed by atoms with E-state index < -0.39 is 0 Å². The van der Waals surface area contributed by atoms with E-state index in [-0.39, 0.29) is 5.91 Å². The second kappa shape index (κ2) is 8.19. The summed E-state index contributed by atoms with van der Waals surface area (Å²) >= 11 is 0. The van der Waals surface area contributed by atoms with Crippen LogP contribution in [0.1, 0.15) is 44.3 Å². The van der Waals surface area contributed by atoms with E-state index in [0.717, 1.165) is 36.7 Å². The van der Waals surface area contributed by atoms with E-state index in [2.05, 4.69) is 5.16 Å². The van der Waals surface area contributed by atoms with E-state index in [1.807, 2.05) is 30.3 Å². The van der Waals surface area contributed by atoms with Crippen LogP contribution in [0.2, 0.25) is 0 Å². The van der Waals surface area contributed by atoms with Crippen LogP contribution in [-0.2, 0) is 4.79 Å². The van der Waals surface area contributed by atoms with Gasteiger partial charge in [-0.2, -0.15) is 0 Å². The number of hydrogen-bond acceptors (Lipinski definition) is 5. The van der Waals surface area contributed by atoms with Crippen molar-refractivity contribution in [2.24, 2.45) is 5.16 Å². The zero-order valence-electron chi connectivity index (χ0n) is 12.3. The number of nitrogens with zero attached hydrogens (tertiary/aromatic N) is 1. The Labute approximate surface area is 128 Å². The molecule has 1 heterocycles. The molecule has 6 nitrogen and oxygen atoms in total. The molecule has 0 aliphatic rings. The molecule has 1 aromatic carbocycles. The molecule has 1 aromatic heterocycles. The fourth-order valence-electron chi connectivity index (χ4n) is 2.33. The number of benzene rings is 1. The number of para-hydroxylation sites is 1. The normalized spacial score (nSPS) is 11.8. The zero-order chi connectivity index (χ0) is 15.8. The third-order valence-electron chi connectivity index (χ3n) is 3.52. The molecule has 2 rings (SSSR count). The highest BCUT2D eigenvalue weighted by Gasteiger charge is 2.10. The molecule has 3 N–H and O–H groups in total. The van der Waals surface area contributed by atoms with Gasteiger partial charge < -0.3 is 9.62 Å². The van der Waals surface area contributed by atoms with Gasteiger partial charge in [-0.3, -0.25) is 10.0 Å². The van der Waals surface area contributed by atoms with Crippen LogP contribution in [0.4, 0.5) is 0 Å². The smallest absolute Gasteiger partial charge is 0.243 e. The predicted octanol–water partition coefficient (Wildman–Crippen LogP) is 3.46. The Morgan fingerprint density at radius 1 is 1.14 bits per heavy atom. The Hall–Kier alpha value is -2.34. The number of carbonyl (C=O) groups excluding carboxylic acids is 1. The number of amides is 1. The van der Waals surface area contributed by atoms with Crippen LogP contribution in [-0.4, -0.2) is 22.0 Å². The summed E-state index contributed by atoms with van der Waals surface area (Å²) in [4.78, 5) is 10.8. The number of oxime groups is 1. The molecule has 0 fully saturated rings. The lowest BCUT2D eigenvalue weighted by atomic mass is 10.1. The quantitative estimate of drug-likeness (QED) is 0.229. The zero-order valence-corrected chi connectivity index (χ0v) is 12.3. The van der Waals surface area contributed by atoms with Gasteiger partial charge in [0, 0.05) is 11.8 Å². The summed E-state index contributed by atoms with van der Waals surface area (Å²) in [5, 5.41) is 21.9. The largest absolute Gasteiger partial charge is 0.455 e. The van der Waals surface area contributed by atoms with Crippen molar-refractivity contribution in [2.75, 3.05) is 0 Å². The molecule has 0 radical (unpaired) electrons. The molecular weight excluding hydrogens is 284 g/mol. The molecule has 1 amide bonds. The van der Waals surface area contributed by atoms with Crippen molar-refractivity contribution in [3.8, 4) is 0 Å². The maximum Gasteiger partial charge on any atom is 0.243 e. The molecule has 22 heavy (non-hydrogen) atoms. The highest BCUT2D eigenvalue weighted by Crippen LogP contribution is 2.21. The Morgan fingerprint density at radius 2 is 1.86 bits per heavy atom. The molecule has 0 aliphatic carbocycles. The topological polar surface area (TPSA) is 95.1 Å². The molecule has 0 saturated heterocycles. The van der Waals surface area contributed by atoms with Crippen molar-refractivity contribution in [3.05, 3.63) is 36.1 Å². The van der Waals surface area contributed by atoms with Crippen LogP contribution in [0.5, 0.6) is 0 Å². The summed E-state index contributed by atoms with van der Waals surface area (Å²) < 4.78 is 5.67. The van der Waals surface area contributed by atoms with E-state index in [9.17, 15) is 4.79 Å².